The predicted octanol–water partition coefficient (Wildman–Crippen LogP) is 3.18. The average Bonchev–Trinajstić information content (AvgIpc) is 2.97. The zero-order chi connectivity index (χ0) is 13.1. The molecule has 0 aliphatic rings. The Hall–Kier alpha value is -2.10. The van der Waals surface area contributed by atoms with Crippen LogP contribution in [0.2, 0.25) is 0 Å². The van der Waals surface area contributed by atoms with Gasteiger partial charge in [0, 0.05) is 6.42 Å². The summed E-state index contributed by atoms with van der Waals surface area (Å²) in [5.41, 5.74) is 4.08. The van der Waals surface area contributed by atoms with Gasteiger partial charge in [0.2, 0.25) is 0 Å². The van der Waals surface area contributed by atoms with Crippen LogP contribution in [-0.2, 0) is 6.42 Å². The Morgan fingerprint density at radius 3 is 2.63 bits per heavy atom. The monoisotopic (exact) mass is 252 g/mol. The van der Waals surface area contributed by atoms with Crippen molar-refractivity contribution in [1.29, 1.82) is 0 Å². The van der Waals surface area contributed by atoms with Crippen LogP contribution in [0.1, 0.15) is 17.4 Å². The number of hydrogen-bond donors (Lipinski definition) is 2. The molecule has 0 radical (unpaired) electrons. The number of furan rings is 1. The summed E-state index contributed by atoms with van der Waals surface area (Å²) in [7, 11) is 0. The molecule has 0 spiro atoms. The van der Waals surface area contributed by atoms with Crippen molar-refractivity contribution in [2.45, 2.75) is 12.5 Å². The lowest BCUT2D eigenvalue weighted by atomic mass is 9.96. The molecular weight excluding hydrogens is 236 g/mol. The lowest BCUT2D eigenvalue weighted by molar-refractivity contribution is 0.456. The molecule has 1 unspecified atom stereocenters. The molecule has 0 amide bonds. The van der Waals surface area contributed by atoms with Gasteiger partial charge >= 0.3 is 0 Å². The molecule has 3 rings (SSSR count). The molecule has 3 aromatic rings. The van der Waals surface area contributed by atoms with E-state index in [1.54, 1.807) is 6.26 Å². The molecule has 0 saturated heterocycles. The van der Waals surface area contributed by atoms with E-state index in [1.807, 2.05) is 24.3 Å². The van der Waals surface area contributed by atoms with E-state index in [1.165, 1.54) is 16.3 Å². The van der Waals surface area contributed by atoms with Crippen molar-refractivity contribution < 1.29 is 4.42 Å². The van der Waals surface area contributed by atoms with Crippen LogP contribution < -0.4 is 11.3 Å². The quantitative estimate of drug-likeness (QED) is 0.554. The maximum Gasteiger partial charge on any atom is 0.105 e. The van der Waals surface area contributed by atoms with Crippen LogP contribution in [0.4, 0.5) is 0 Å². The number of nitrogens with two attached hydrogens (primary N) is 1. The second-order valence-electron chi connectivity index (χ2n) is 4.57. The topological polar surface area (TPSA) is 51.2 Å². The molecule has 1 heterocycles. The van der Waals surface area contributed by atoms with Gasteiger partial charge in [0.15, 0.2) is 0 Å². The second kappa shape index (κ2) is 5.26. The molecule has 96 valence electrons. The van der Waals surface area contributed by atoms with Gasteiger partial charge < -0.3 is 4.42 Å². The first-order chi connectivity index (χ1) is 9.38. The molecule has 1 atom stereocenters. The van der Waals surface area contributed by atoms with Gasteiger partial charge in [-0.05, 0) is 28.5 Å². The first-order valence-corrected chi connectivity index (χ1v) is 6.34. The molecule has 2 aromatic carbocycles. The molecule has 0 saturated carbocycles. The van der Waals surface area contributed by atoms with E-state index < -0.39 is 0 Å². The summed E-state index contributed by atoms with van der Waals surface area (Å²) in [6, 6.07) is 18.5. The van der Waals surface area contributed by atoms with E-state index in [-0.39, 0.29) is 6.04 Å². The fourth-order valence-corrected chi connectivity index (χ4v) is 2.44. The lowest BCUT2D eigenvalue weighted by Crippen LogP contribution is -2.29. The fraction of sp³-hybridized carbons (Fsp3) is 0.125. The number of hydrogen-bond acceptors (Lipinski definition) is 3. The van der Waals surface area contributed by atoms with Crippen LogP contribution in [-0.4, -0.2) is 0 Å². The molecule has 3 heteroatoms. The van der Waals surface area contributed by atoms with E-state index in [4.69, 9.17) is 10.3 Å². The highest BCUT2D eigenvalue weighted by molar-refractivity contribution is 5.86. The van der Waals surface area contributed by atoms with Crippen molar-refractivity contribution in [3.8, 4) is 0 Å². The zero-order valence-electron chi connectivity index (χ0n) is 10.5. The molecular formula is C16H16N2O. The summed E-state index contributed by atoms with van der Waals surface area (Å²) < 4.78 is 5.40. The standard InChI is InChI=1S/C16H16N2O/c17-18-16(11-13-7-4-10-19-13)15-9-3-6-12-5-1-2-8-14(12)15/h1-10,16,18H,11,17H2. The zero-order valence-corrected chi connectivity index (χ0v) is 10.5. The van der Waals surface area contributed by atoms with Gasteiger partial charge in [-0.15, -0.1) is 0 Å². The van der Waals surface area contributed by atoms with Gasteiger partial charge in [-0.25, -0.2) is 0 Å². The minimum Gasteiger partial charge on any atom is -0.469 e. The van der Waals surface area contributed by atoms with E-state index in [0.717, 1.165) is 12.2 Å². The van der Waals surface area contributed by atoms with Gasteiger partial charge in [0.25, 0.3) is 0 Å². The van der Waals surface area contributed by atoms with Crippen LogP contribution in [0.3, 0.4) is 0 Å². The maximum atomic E-state index is 5.72. The minimum atomic E-state index is 0.0391. The van der Waals surface area contributed by atoms with Crippen LogP contribution in [0.25, 0.3) is 10.8 Å². The summed E-state index contributed by atoms with van der Waals surface area (Å²) in [5.74, 6) is 6.65. The van der Waals surface area contributed by atoms with Crippen molar-refractivity contribution in [1.82, 2.24) is 5.43 Å². The first kappa shape index (κ1) is 12.0. The molecule has 0 bridgehead atoms. The lowest BCUT2D eigenvalue weighted by Gasteiger charge is -2.17. The van der Waals surface area contributed by atoms with Crippen molar-refractivity contribution in [2.24, 2.45) is 5.84 Å². The Morgan fingerprint density at radius 1 is 1.00 bits per heavy atom. The van der Waals surface area contributed by atoms with Crippen molar-refractivity contribution >= 4 is 10.8 Å². The summed E-state index contributed by atoms with van der Waals surface area (Å²) in [6.45, 7) is 0. The molecule has 1 aromatic heterocycles. The molecule has 0 fully saturated rings. The predicted molar refractivity (Wildman–Crippen MR) is 76.4 cm³/mol. The SMILES string of the molecule is NNC(Cc1ccco1)c1cccc2ccccc12. The van der Waals surface area contributed by atoms with Crippen LogP contribution in [0.5, 0.6) is 0 Å². The molecule has 3 N–H and O–H groups in total. The van der Waals surface area contributed by atoms with Crippen molar-refractivity contribution in [3.05, 3.63) is 72.2 Å². The molecule has 0 aliphatic heterocycles. The van der Waals surface area contributed by atoms with Gasteiger partial charge in [-0.3, -0.25) is 11.3 Å². The highest BCUT2D eigenvalue weighted by Gasteiger charge is 2.14. The summed E-state index contributed by atoms with van der Waals surface area (Å²) in [6.07, 6.45) is 2.42. The van der Waals surface area contributed by atoms with Crippen molar-refractivity contribution in [3.63, 3.8) is 0 Å². The van der Waals surface area contributed by atoms with E-state index in [2.05, 4.69) is 35.8 Å². The minimum absolute atomic E-state index is 0.0391. The highest BCUT2D eigenvalue weighted by Crippen LogP contribution is 2.26. The number of rotatable bonds is 4. The van der Waals surface area contributed by atoms with Crippen LogP contribution in [0.15, 0.2) is 65.3 Å². The van der Waals surface area contributed by atoms with E-state index in [9.17, 15) is 0 Å². The van der Waals surface area contributed by atoms with Crippen LogP contribution in [0, 0.1) is 0 Å². The largest absolute Gasteiger partial charge is 0.469 e. The van der Waals surface area contributed by atoms with Gasteiger partial charge in [0.05, 0.1) is 12.3 Å². The fourth-order valence-electron chi connectivity index (χ4n) is 2.44. The Kier molecular flexibility index (Phi) is 3.31. The highest BCUT2D eigenvalue weighted by atomic mass is 16.3. The van der Waals surface area contributed by atoms with E-state index >= 15 is 0 Å². The number of benzene rings is 2. The first-order valence-electron chi connectivity index (χ1n) is 6.34. The van der Waals surface area contributed by atoms with Gasteiger partial charge in [0.1, 0.15) is 5.76 Å². The van der Waals surface area contributed by atoms with Gasteiger partial charge in [-0.2, -0.15) is 0 Å². The van der Waals surface area contributed by atoms with Gasteiger partial charge in [-0.1, -0.05) is 42.5 Å². The Balaban J connectivity index is 2.01. The number of fused-ring (bicyclic) bond motifs is 1. The maximum absolute atomic E-state index is 5.72. The average molecular weight is 252 g/mol. The number of nitrogens with one attached hydrogen (secondary N) is 1. The van der Waals surface area contributed by atoms with Crippen LogP contribution >= 0.6 is 0 Å². The normalized spacial score (nSPS) is 12.7. The second-order valence-corrected chi connectivity index (χ2v) is 4.57. The Bertz CT molecular complexity index is 656. The van der Waals surface area contributed by atoms with E-state index in [0.29, 0.717) is 0 Å². The number of hydrazine groups is 1. The molecule has 0 aliphatic carbocycles. The third kappa shape index (κ3) is 2.38. The Labute approximate surface area is 112 Å². The molecule has 3 nitrogen and oxygen atoms in total. The molecule has 19 heavy (non-hydrogen) atoms. The summed E-state index contributed by atoms with van der Waals surface area (Å²) in [4.78, 5) is 0. The summed E-state index contributed by atoms with van der Waals surface area (Å²) in [5, 5.41) is 2.44. The summed E-state index contributed by atoms with van der Waals surface area (Å²) >= 11 is 0. The third-order valence-electron chi connectivity index (χ3n) is 3.39. The smallest absolute Gasteiger partial charge is 0.105 e. The third-order valence-corrected chi connectivity index (χ3v) is 3.39. The Morgan fingerprint density at radius 2 is 1.84 bits per heavy atom. The van der Waals surface area contributed by atoms with Crippen molar-refractivity contribution in [2.75, 3.05) is 0 Å².